The number of hydrogen-bond acceptors (Lipinski definition) is 1. The Morgan fingerprint density at radius 2 is 2.17 bits per heavy atom. The lowest BCUT2D eigenvalue weighted by molar-refractivity contribution is 0.120. The molecule has 2 heteroatoms. The zero-order valence-corrected chi connectivity index (χ0v) is 7.55. The van der Waals surface area contributed by atoms with E-state index in [1.807, 2.05) is 24.3 Å². The third-order valence-electron chi connectivity index (χ3n) is 2.15. The van der Waals surface area contributed by atoms with E-state index in [1.54, 1.807) is 0 Å². The van der Waals surface area contributed by atoms with Crippen molar-refractivity contribution in [3.05, 3.63) is 29.3 Å². The summed E-state index contributed by atoms with van der Waals surface area (Å²) in [4.78, 5) is 0. The van der Waals surface area contributed by atoms with Crippen LogP contribution in [0.4, 0.5) is 0 Å². The Hall–Kier alpha value is -0.690. The summed E-state index contributed by atoms with van der Waals surface area (Å²) in [7, 11) is 0. The molecule has 0 bridgehead atoms. The number of benzene rings is 1. The minimum atomic E-state index is 0.434. The summed E-state index contributed by atoms with van der Waals surface area (Å²) >= 11 is 5.81. The molecule has 0 atom stereocenters. The van der Waals surface area contributed by atoms with Crippen LogP contribution in [-0.4, -0.2) is 6.10 Å². The van der Waals surface area contributed by atoms with Crippen molar-refractivity contribution in [2.24, 2.45) is 0 Å². The van der Waals surface area contributed by atoms with Crippen molar-refractivity contribution in [1.82, 2.24) is 0 Å². The molecular weight excluding hydrogens is 172 g/mol. The normalized spacial score (nSPS) is 17.1. The first-order chi connectivity index (χ1) is 5.84. The molecule has 0 spiro atoms. The maximum atomic E-state index is 5.81. The second kappa shape index (κ2) is 3.36. The maximum Gasteiger partial charge on any atom is 0.121 e. The van der Waals surface area contributed by atoms with Gasteiger partial charge in [0.15, 0.2) is 0 Å². The molecule has 0 aliphatic heterocycles. The van der Waals surface area contributed by atoms with Crippen LogP contribution < -0.4 is 4.74 Å². The van der Waals surface area contributed by atoms with Crippen molar-refractivity contribution in [2.45, 2.75) is 25.4 Å². The molecule has 1 aliphatic rings. The topological polar surface area (TPSA) is 9.23 Å². The van der Waals surface area contributed by atoms with Crippen LogP contribution in [0.3, 0.4) is 0 Å². The highest BCUT2D eigenvalue weighted by atomic mass is 35.5. The molecule has 1 saturated carbocycles. The number of ether oxygens (including phenoxy) is 1. The van der Waals surface area contributed by atoms with E-state index in [2.05, 4.69) is 0 Å². The van der Waals surface area contributed by atoms with Gasteiger partial charge in [-0.05, 0) is 37.5 Å². The zero-order chi connectivity index (χ0) is 8.39. The van der Waals surface area contributed by atoms with E-state index >= 15 is 0 Å². The van der Waals surface area contributed by atoms with E-state index in [9.17, 15) is 0 Å². The van der Waals surface area contributed by atoms with Gasteiger partial charge < -0.3 is 4.74 Å². The van der Waals surface area contributed by atoms with Gasteiger partial charge in [-0.3, -0.25) is 0 Å². The van der Waals surface area contributed by atoms with Crippen molar-refractivity contribution < 1.29 is 4.74 Å². The van der Waals surface area contributed by atoms with Gasteiger partial charge in [0.2, 0.25) is 0 Å². The lowest BCUT2D eigenvalue weighted by atomic mass is 9.96. The summed E-state index contributed by atoms with van der Waals surface area (Å²) in [6.07, 6.45) is 4.10. The van der Waals surface area contributed by atoms with E-state index in [0.29, 0.717) is 6.10 Å². The van der Waals surface area contributed by atoms with Crippen molar-refractivity contribution >= 4 is 11.6 Å². The van der Waals surface area contributed by atoms with Gasteiger partial charge in [0.05, 0.1) is 6.10 Å². The molecule has 0 heterocycles. The molecule has 0 N–H and O–H groups in total. The molecule has 0 amide bonds. The van der Waals surface area contributed by atoms with E-state index in [4.69, 9.17) is 16.3 Å². The van der Waals surface area contributed by atoms with Crippen LogP contribution in [0.2, 0.25) is 5.02 Å². The summed E-state index contributed by atoms with van der Waals surface area (Å²) in [6.45, 7) is 0. The average Bonchev–Trinajstić information content (AvgIpc) is 1.97. The Kier molecular flexibility index (Phi) is 2.22. The number of halogens is 1. The van der Waals surface area contributed by atoms with E-state index in [-0.39, 0.29) is 0 Å². The standard InChI is InChI=1S/C10H11ClO/c11-8-3-1-6-10(7-8)12-9-4-2-5-9/h1,3,6-7,9H,2,4-5H2. The predicted octanol–water partition coefficient (Wildman–Crippen LogP) is 3.27. The first-order valence-corrected chi connectivity index (χ1v) is 4.64. The van der Waals surface area contributed by atoms with Gasteiger partial charge >= 0.3 is 0 Å². The van der Waals surface area contributed by atoms with E-state index < -0.39 is 0 Å². The molecule has 1 aromatic rings. The summed E-state index contributed by atoms with van der Waals surface area (Å²) < 4.78 is 5.65. The molecule has 1 aliphatic carbocycles. The molecule has 0 radical (unpaired) electrons. The summed E-state index contributed by atoms with van der Waals surface area (Å²) in [5.74, 6) is 0.896. The Morgan fingerprint density at radius 3 is 2.75 bits per heavy atom. The van der Waals surface area contributed by atoms with Crippen LogP contribution in [-0.2, 0) is 0 Å². The van der Waals surface area contributed by atoms with Crippen LogP contribution >= 0.6 is 11.6 Å². The first-order valence-electron chi connectivity index (χ1n) is 4.27. The fourth-order valence-corrected chi connectivity index (χ4v) is 1.40. The minimum absolute atomic E-state index is 0.434. The van der Waals surface area contributed by atoms with Crippen LogP contribution in [0.5, 0.6) is 5.75 Å². The summed E-state index contributed by atoms with van der Waals surface area (Å²) in [5.41, 5.74) is 0. The van der Waals surface area contributed by atoms with E-state index in [1.165, 1.54) is 19.3 Å². The molecule has 1 aromatic carbocycles. The largest absolute Gasteiger partial charge is 0.490 e. The SMILES string of the molecule is Clc1cccc(OC2CCC2)c1. The smallest absolute Gasteiger partial charge is 0.121 e. The lowest BCUT2D eigenvalue weighted by Gasteiger charge is -2.26. The van der Waals surface area contributed by atoms with Gasteiger partial charge in [0.25, 0.3) is 0 Å². The summed E-state index contributed by atoms with van der Waals surface area (Å²) in [5, 5.41) is 0.742. The minimum Gasteiger partial charge on any atom is -0.490 e. The van der Waals surface area contributed by atoms with Crippen LogP contribution in [0.25, 0.3) is 0 Å². The molecule has 0 unspecified atom stereocenters. The van der Waals surface area contributed by atoms with Crippen molar-refractivity contribution in [3.63, 3.8) is 0 Å². The second-order valence-corrected chi connectivity index (χ2v) is 3.56. The molecular formula is C10H11ClO. The molecule has 12 heavy (non-hydrogen) atoms. The van der Waals surface area contributed by atoms with Crippen LogP contribution in [0, 0.1) is 0 Å². The highest BCUT2D eigenvalue weighted by Gasteiger charge is 2.18. The van der Waals surface area contributed by atoms with Crippen LogP contribution in [0.1, 0.15) is 19.3 Å². The Balaban J connectivity index is 2.02. The molecule has 1 nitrogen and oxygen atoms in total. The lowest BCUT2D eigenvalue weighted by Crippen LogP contribution is -2.24. The summed E-state index contributed by atoms with van der Waals surface area (Å²) in [6, 6.07) is 7.58. The quantitative estimate of drug-likeness (QED) is 0.682. The van der Waals surface area contributed by atoms with Crippen molar-refractivity contribution in [2.75, 3.05) is 0 Å². The number of hydrogen-bond donors (Lipinski definition) is 0. The first kappa shape index (κ1) is 7.93. The molecule has 1 fully saturated rings. The monoisotopic (exact) mass is 182 g/mol. The second-order valence-electron chi connectivity index (χ2n) is 3.13. The number of rotatable bonds is 2. The Bertz CT molecular complexity index is 268. The third kappa shape index (κ3) is 1.72. The zero-order valence-electron chi connectivity index (χ0n) is 6.79. The maximum absolute atomic E-state index is 5.81. The predicted molar refractivity (Wildman–Crippen MR) is 49.7 cm³/mol. The van der Waals surface area contributed by atoms with Crippen molar-refractivity contribution in [1.29, 1.82) is 0 Å². The van der Waals surface area contributed by atoms with Crippen LogP contribution in [0.15, 0.2) is 24.3 Å². The fraction of sp³-hybridized carbons (Fsp3) is 0.400. The van der Waals surface area contributed by atoms with Gasteiger partial charge in [-0.15, -0.1) is 0 Å². The van der Waals surface area contributed by atoms with Gasteiger partial charge in [0.1, 0.15) is 5.75 Å². The van der Waals surface area contributed by atoms with Gasteiger partial charge in [-0.2, -0.15) is 0 Å². The van der Waals surface area contributed by atoms with Gasteiger partial charge in [0, 0.05) is 5.02 Å². The third-order valence-corrected chi connectivity index (χ3v) is 2.39. The Labute approximate surface area is 77.3 Å². The highest BCUT2D eigenvalue weighted by Crippen LogP contribution is 2.26. The molecule has 64 valence electrons. The molecule has 0 aromatic heterocycles. The van der Waals surface area contributed by atoms with Gasteiger partial charge in [-0.1, -0.05) is 17.7 Å². The fourth-order valence-electron chi connectivity index (χ4n) is 1.22. The van der Waals surface area contributed by atoms with Crippen molar-refractivity contribution in [3.8, 4) is 5.75 Å². The van der Waals surface area contributed by atoms with Gasteiger partial charge in [-0.25, -0.2) is 0 Å². The molecule has 0 saturated heterocycles. The molecule has 2 rings (SSSR count). The van der Waals surface area contributed by atoms with E-state index in [0.717, 1.165) is 10.8 Å². The Morgan fingerprint density at radius 1 is 1.33 bits per heavy atom. The highest BCUT2D eigenvalue weighted by molar-refractivity contribution is 6.30. The average molecular weight is 183 g/mol.